The van der Waals surface area contributed by atoms with Crippen LogP contribution >= 0.6 is 7.75 Å². The van der Waals surface area contributed by atoms with E-state index >= 15 is 0 Å². The van der Waals surface area contributed by atoms with Gasteiger partial charge in [0.1, 0.15) is 11.5 Å². The summed E-state index contributed by atoms with van der Waals surface area (Å²) in [7, 11) is -3.74. The van der Waals surface area contributed by atoms with Crippen LogP contribution in [0, 0.1) is 13.8 Å². The Morgan fingerprint density at radius 2 is 1.03 bits per heavy atom. The van der Waals surface area contributed by atoms with Crippen LogP contribution in [0.4, 0.5) is 0 Å². The fourth-order valence-electron chi connectivity index (χ4n) is 3.56. The van der Waals surface area contributed by atoms with Gasteiger partial charge in [-0.2, -0.15) is 0 Å². The molecule has 5 heteroatoms. The van der Waals surface area contributed by atoms with Gasteiger partial charge in [-0.25, -0.2) is 9.65 Å². The predicted molar refractivity (Wildman–Crippen MR) is 134 cm³/mol. The van der Waals surface area contributed by atoms with E-state index in [0.29, 0.717) is 18.0 Å². The van der Waals surface area contributed by atoms with Gasteiger partial charge in [0.15, 0.2) is 0 Å². The molecule has 4 aromatic rings. The number of benzene rings is 4. The lowest BCUT2D eigenvalue weighted by Crippen LogP contribution is -2.25. The van der Waals surface area contributed by atoms with Crippen LogP contribution in [0.2, 0.25) is 0 Å². The van der Waals surface area contributed by atoms with Crippen LogP contribution in [0.25, 0.3) is 0 Å². The third-order valence-corrected chi connectivity index (χ3v) is 6.86. The summed E-state index contributed by atoms with van der Waals surface area (Å²) in [5, 5.41) is 3.13. The molecule has 0 aliphatic carbocycles. The zero-order chi connectivity index (χ0) is 23.1. The van der Waals surface area contributed by atoms with E-state index in [0.717, 1.165) is 22.3 Å². The maximum absolute atomic E-state index is 13.9. The molecule has 0 aliphatic heterocycles. The van der Waals surface area contributed by atoms with Crippen molar-refractivity contribution in [1.29, 1.82) is 0 Å². The van der Waals surface area contributed by atoms with E-state index in [2.05, 4.69) is 29.4 Å². The minimum absolute atomic E-state index is 0.0241. The van der Waals surface area contributed by atoms with Crippen molar-refractivity contribution in [3.8, 4) is 11.5 Å². The van der Waals surface area contributed by atoms with Gasteiger partial charge in [-0.3, -0.25) is 0 Å². The van der Waals surface area contributed by atoms with E-state index in [1.807, 2.05) is 74.5 Å². The van der Waals surface area contributed by atoms with Crippen LogP contribution in [0.3, 0.4) is 0 Å². The molecular weight excluding hydrogens is 429 g/mol. The fraction of sp³-hybridized carbons (Fsp3) is 0.143. The largest absolute Gasteiger partial charge is 0.512 e. The van der Waals surface area contributed by atoms with Crippen molar-refractivity contribution in [3.05, 3.63) is 131 Å². The molecule has 4 nitrogen and oxygen atoms in total. The first-order chi connectivity index (χ1) is 16.0. The van der Waals surface area contributed by atoms with Gasteiger partial charge in [-0.05, 0) is 49.2 Å². The summed E-state index contributed by atoms with van der Waals surface area (Å²) in [6.45, 7) is 4.37. The van der Waals surface area contributed by atoms with E-state index < -0.39 is 7.75 Å². The third kappa shape index (κ3) is 6.35. The molecule has 0 amide bonds. The van der Waals surface area contributed by atoms with Crippen LogP contribution in [-0.2, 0) is 4.57 Å². The Labute approximate surface area is 195 Å². The molecule has 0 saturated carbocycles. The van der Waals surface area contributed by atoms with Gasteiger partial charge in [0.05, 0.1) is 0 Å². The summed E-state index contributed by atoms with van der Waals surface area (Å²) in [6.07, 6.45) is 0. The second kappa shape index (κ2) is 10.5. The number of hydrogen-bond acceptors (Lipinski definition) is 3. The Kier molecular flexibility index (Phi) is 7.29. The van der Waals surface area contributed by atoms with Crippen molar-refractivity contribution in [2.45, 2.75) is 19.8 Å². The van der Waals surface area contributed by atoms with Crippen LogP contribution in [0.15, 0.2) is 109 Å². The van der Waals surface area contributed by atoms with Crippen LogP contribution < -0.4 is 14.1 Å². The highest BCUT2D eigenvalue weighted by molar-refractivity contribution is 7.52. The maximum atomic E-state index is 13.9. The minimum atomic E-state index is -3.74. The van der Waals surface area contributed by atoms with E-state index in [4.69, 9.17) is 9.05 Å². The summed E-state index contributed by atoms with van der Waals surface area (Å²) in [6, 6.07) is 35.2. The van der Waals surface area contributed by atoms with Gasteiger partial charge in [0, 0.05) is 12.5 Å². The topological polar surface area (TPSA) is 47.6 Å². The quantitative estimate of drug-likeness (QED) is 0.268. The lowest BCUT2D eigenvalue weighted by atomic mass is 9.92. The lowest BCUT2D eigenvalue weighted by molar-refractivity contribution is 0.370. The van der Waals surface area contributed by atoms with E-state index in [9.17, 15) is 4.57 Å². The first kappa shape index (κ1) is 22.8. The molecule has 33 heavy (non-hydrogen) atoms. The molecule has 0 heterocycles. The van der Waals surface area contributed by atoms with Crippen molar-refractivity contribution in [2.24, 2.45) is 0 Å². The third-order valence-electron chi connectivity index (χ3n) is 5.39. The highest BCUT2D eigenvalue weighted by Crippen LogP contribution is 2.45. The minimum Gasteiger partial charge on any atom is -0.405 e. The standard InChI is InChI=1S/C28H28NO3P/c1-22-13-17-26(18-14-22)31-33(30,32-27-19-15-23(2)16-20-27)29-21-28(24-9-5-3-6-10-24)25-11-7-4-8-12-25/h3-20,28H,21H2,1-2H3,(H,29,30). The highest BCUT2D eigenvalue weighted by atomic mass is 31.2. The Bertz CT molecular complexity index is 1100. The summed E-state index contributed by atoms with van der Waals surface area (Å²) in [5.74, 6) is 0.947. The molecule has 0 fully saturated rings. The zero-order valence-corrected chi connectivity index (χ0v) is 19.7. The SMILES string of the molecule is Cc1ccc(OP(=O)(NCC(c2ccccc2)c2ccccc2)Oc2ccc(C)cc2)cc1. The lowest BCUT2D eigenvalue weighted by Gasteiger charge is -2.24. The van der Waals surface area contributed by atoms with Crippen LogP contribution in [-0.4, -0.2) is 6.54 Å². The Balaban J connectivity index is 1.61. The molecule has 0 bridgehead atoms. The Hall–Kier alpha value is -3.33. The van der Waals surface area contributed by atoms with E-state index in [-0.39, 0.29) is 5.92 Å². The highest BCUT2D eigenvalue weighted by Gasteiger charge is 2.30. The average molecular weight is 458 g/mol. The summed E-state index contributed by atoms with van der Waals surface area (Å²) in [5.41, 5.74) is 4.43. The fourth-order valence-corrected chi connectivity index (χ4v) is 4.93. The summed E-state index contributed by atoms with van der Waals surface area (Å²) >= 11 is 0. The maximum Gasteiger partial charge on any atom is 0.512 e. The van der Waals surface area contributed by atoms with Gasteiger partial charge in [0.2, 0.25) is 0 Å². The molecule has 4 aromatic carbocycles. The number of hydrogen-bond donors (Lipinski definition) is 1. The molecule has 0 aromatic heterocycles. The van der Waals surface area contributed by atoms with E-state index in [1.54, 1.807) is 24.3 Å². The molecule has 0 atom stereocenters. The smallest absolute Gasteiger partial charge is 0.405 e. The van der Waals surface area contributed by atoms with Gasteiger partial charge in [0.25, 0.3) is 0 Å². The molecule has 1 N–H and O–H groups in total. The zero-order valence-electron chi connectivity index (χ0n) is 18.8. The molecular formula is C28H28NO3P. The second-order valence-corrected chi connectivity index (χ2v) is 9.72. The molecule has 168 valence electrons. The van der Waals surface area contributed by atoms with Gasteiger partial charge in [-0.1, -0.05) is 96.1 Å². The molecule has 0 unspecified atom stereocenters. The van der Waals surface area contributed by atoms with Crippen molar-refractivity contribution in [2.75, 3.05) is 6.54 Å². The van der Waals surface area contributed by atoms with Gasteiger partial charge >= 0.3 is 7.75 Å². The van der Waals surface area contributed by atoms with Crippen molar-refractivity contribution < 1.29 is 13.6 Å². The average Bonchev–Trinajstić information content (AvgIpc) is 2.84. The Morgan fingerprint density at radius 1 is 0.636 bits per heavy atom. The van der Waals surface area contributed by atoms with Gasteiger partial charge < -0.3 is 9.05 Å². The first-order valence-electron chi connectivity index (χ1n) is 11.0. The van der Waals surface area contributed by atoms with Crippen LogP contribution in [0.1, 0.15) is 28.2 Å². The van der Waals surface area contributed by atoms with E-state index in [1.165, 1.54) is 0 Å². The number of rotatable bonds is 9. The molecule has 4 rings (SSSR count). The molecule has 0 aliphatic rings. The first-order valence-corrected chi connectivity index (χ1v) is 12.5. The second-order valence-electron chi connectivity index (χ2n) is 8.04. The number of nitrogens with one attached hydrogen (secondary N) is 1. The van der Waals surface area contributed by atoms with Crippen molar-refractivity contribution in [3.63, 3.8) is 0 Å². The predicted octanol–water partition coefficient (Wildman–Crippen LogP) is 7.29. The van der Waals surface area contributed by atoms with Crippen LogP contribution in [0.5, 0.6) is 11.5 Å². The summed E-state index contributed by atoms with van der Waals surface area (Å²) in [4.78, 5) is 0. The van der Waals surface area contributed by atoms with Crippen molar-refractivity contribution in [1.82, 2.24) is 5.09 Å². The normalized spacial score (nSPS) is 11.4. The van der Waals surface area contributed by atoms with Crippen molar-refractivity contribution >= 4 is 7.75 Å². The van der Waals surface area contributed by atoms with Gasteiger partial charge in [-0.15, -0.1) is 0 Å². The molecule has 0 saturated heterocycles. The molecule has 0 radical (unpaired) electrons. The molecule has 0 spiro atoms. The Morgan fingerprint density at radius 3 is 1.42 bits per heavy atom. The number of aryl methyl sites for hydroxylation is 2. The monoisotopic (exact) mass is 457 g/mol. The summed E-state index contributed by atoms with van der Waals surface area (Å²) < 4.78 is 25.8.